The normalized spacial score (nSPS) is 15.3. The van der Waals surface area contributed by atoms with Crippen molar-refractivity contribution in [2.45, 2.75) is 58.8 Å². The number of aromatic nitrogens is 2. The lowest BCUT2D eigenvalue weighted by Gasteiger charge is -2.02. The molecule has 1 aliphatic rings. The molecule has 0 atom stereocenters. The summed E-state index contributed by atoms with van der Waals surface area (Å²) in [5.74, 6) is 0.807. The summed E-state index contributed by atoms with van der Waals surface area (Å²) in [6.07, 6.45) is 14.5. The number of hydrogen-bond donors (Lipinski definition) is 2. The van der Waals surface area contributed by atoms with E-state index in [1.54, 1.807) is 7.11 Å². The summed E-state index contributed by atoms with van der Waals surface area (Å²) >= 11 is 0. The molecule has 3 rings (SSSR count). The Morgan fingerprint density at radius 2 is 2.00 bits per heavy atom. The summed E-state index contributed by atoms with van der Waals surface area (Å²) in [6, 6.07) is 6.34. The van der Waals surface area contributed by atoms with Gasteiger partial charge in [0.15, 0.2) is 0 Å². The molecule has 2 N–H and O–H groups in total. The molecule has 0 saturated carbocycles. The second-order valence-electron chi connectivity index (χ2n) is 7.12. The first kappa shape index (κ1) is 19.3. The van der Waals surface area contributed by atoms with E-state index in [2.05, 4.69) is 36.0 Å². The highest BCUT2D eigenvalue weighted by Gasteiger charge is 2.18. The number of hydrogen-bond acceptors (Lipinski definition) is 2. The molecule has 0 bridgehead atoms. The van der Waals surface area contributed by atoms with Crippen LogP contribution in [0, 0.1) is 0 Å². The smallest absolute Gasteiger partial charge is 0.146 e. The van der Waals surface area contributed by atoms with E-state index in [0.29, 0.717) is 0 Å². The number of methoxy groups -OCH3 is 1. The molecule has 1 aliphatic heterocycles. The van der Waals surface area contributed by atoms with Crippen LogP contribution in [-0.4, -0.2) is 22.8 Å². The average molecular weight is 366 g/mol. The highest BCUT2D eigenvalue weighted by Crippen LogP contribution is 2.26. The minimum Gasteiger partial charge on any atom is -0.494 e. The van der Waals surface area contributed by atoms with Crippen molar-refractivity contribution < 1.29 is 4.74 Å². The van der Waals surface area contributed by atoms with E-state index in [1.165, 1.54) is 36.9 Å². The molecule has 4 nitrogen and oxygen atoms in total. The summed E-state index contributed by atoms with van der Waals surface area (Å²) in [5.41, 5.74) is 6.65. The summed E-state index contributed by atoms with van der Waals surface area (Å²) in [7, 11) is 1.70. The van der Waals surface area contributed by atoms with Crippen LogP contribution in [-0.2, 0) is 17.6 Å². The van der Waals surface area contributed by atoms with Gasteiger partial charge >= 0.3 is 0 Å². The standard InChI is InChI=1S/C23H31N3O/c1-4-6-7-8-11-18-14-17(10-5-2)20(25-18)15-22-23(27-3)16-21(26-22)19-12-9-13-24-19/h9,12-16,24-25H,4-8,10-11H2,1-3H3/b22-15-. The zero-order valence-electron chi connectivity index (χ0n) is 16.8. The lowest BCUT2D eigenvalue weighted by molar-refractivity contribution is 0.303. The topological polar surface area (TPSA) is 53.2 Å². The van der Waals surface area contributed by atoms with Crippen molar-refractivity contribution in [2.24, 2.45) is 4.99 Å². The highest BCUT2D eigenvalue weighted by atomic mass is 16.5. The lowest BCUT2D eigenvalue weighted by Crippen LogP contribution is -1.93. The van der Waals surface area contributed by atoms with Gasteiger partial charge in [-0.05, 0) is 49.1 Å². The zero-order valence-corrected chi connectivity index (χ0v) is 16.8. The maximum Gasteiger partial charge on any atom is 0.146 e. The fourth-order valence-corrected chi connectivity index (χ4v) is 3.51. The SMILES string of the molecule is CCCCCCc1cc(CCC)c(/C=C2\N=C(c3ccc[nH]3)C=C2OC)[nH]1. The molecule has 0 unspecified atom stereocenters. The first-order chi connectivity index (χ1) is 13.2. The van der Waals surface area contributed by atoms with Crippen molar-refractivity contribution >= 4 is 11.8 Å². The predicted octanol–water partition coefficient (Wildman–Crippen LogP) is 5.79. The minimum atomic E-state index is 0.807. The van der Waals surface area contributed by atoms with Crippen molar-refractivity contribution in [3.8, 4) is 0 Å². The second kappa shape index (κ2) is 9.45. The average Bonchev–Trinajstić information content (AvgIpc) is 3.40. The zero-order chi connectivity index (χ0) is 19.1. The van der Waals surface area contributed by atoms with E-state index in [9.17, 15) is 0 Å². The minimum absolute atomic E-state index is 0.807. The first-order valence-corrected chi connectivity index (χ1v) is 10.2. The van der Waals surface area contributed by atoms with Crippen molar-refractivity contribution in [2.75, 3.05) is 7.11 Å². The molecule has 0 spiro atoms. The van der Waals surface area contributed by atoms with Crippen LogP contribution in [0.2, 0.25) is 0 Å². The van der Waals surface area contributed by atoms with E-state index >= 15 is 0 Å². The summed E-state index contributed by atoms with van der Waals surface area (Å²) < 4.78 is 5.57. The monoisotopic (exact) mass is 365 g/mol. The highest BCUT2D eigenvalue weighted by molar-refractivity contribution is 6.11. The summed E-state index contributed by atoms with van der Waals surface area (Å²) in [5, 5.41) is 0. The van der Waals surface area contributed by atoms with Crippen LogP contribution in [0.4, 0.5) is 0 Å². The van der Waals surface area contributed by atoms with Gasteiger partial charge in [0.25, 0.3) is 0 Å². The Bertz CT molecular complexity index is 822. The third-order valence-corrected chi connectivity index (χ3v) is 4.94. The molecule has 3 heterocycles. The molecule has 0 radical (unpaired) electrons. The number of aliphatic imine (C=N–C) groups is 1. The molecule has 4 heteroatoms. The van der Waals surface area contributed by atoms with Crippen molar-refractivity contribution in [3.05, 3.63) is 64.6 Å². The molecule has 0 amide bonds. The Morgan fingerprint density at radius 1 is 1.11 bits per heavy atom. The molecular formula is C23H31N3O. The van der Waals surface area contributed by atoms with Crippen LogP contribution in [0.15, 0.2) is 46.9 Å². The van der Waals surface area contributed by atoms with Crippen molar-refractivity contribution in [3.63, 3.8) is 0 Å². The number of ether oxygens (including phenoxy) is 1. The van der Waals surface area contributed by atoms with Gasteiger partial charge in [-0.1, -0.05) is 39.5 Å². The second-order valence-corrected chi connectivity index (χ2v) is 7.12. The number of nitrogens with zero attached hydrogens (tertiary/aromatic N) is 1. The van der Waals surface area contributed by atoms with E-state index in [4.69, 9.17) is 9.73 Å². The molecule has 0 aromatic carbocycles. The summed E-state index contributed by atoms with van der Waals surface area (Å²) in [4.78, 5) is 11.6. The molecule has 0 fully saturated rings. The van der Waals surface area contributed by atoms with Crippen LogP contribution < -0.4 is 0 Å². The third kappa shape index (κ3) is 4.82. The van der Waals surface area contributed by atoms with Gasteiger partial charge in [0.05, 0.1) is 18.5 Å². The van der Waals surface area contributed by atoms with Gasteiger partial charge in [0.2, 0.25) is 0 Å². The Labute approximate surface area is 162 Å². The first-order valence-electron chi connectivity index (χ1n) is 10.2. The van der Waals surface area contributed by atoms with Crippen molar-refractivity contribution in [1.29, 1.82) is 0 Å². The number of aromatic amines is 2. The van der Waals surface area contributed by atoms with Crippen LogP contribution in [0.5, 0.6) is 0 Å². The molecular weight excluding hydrogens is 334 g/mol. The van der Waals surface area contributed by atoms with Gasteiger partial charge in [-0.15, -0.1) is 0 Å². The van der Waals surface area contributed by atoms with Crippen LogP contribution in [0.3, 0.4) is 0 Å². The van der Waals surface area contributed by atoms with E-state index in [0.717, 1.165) is 47.8 Å². The Morgan fingerprint density at radius 3 is 2.70 bits per heavy atom. The maximum atomic E-state index is 5.57. The quantitative estimate of drug-likeness (QED) is 0.514. The number of nitrogens with one attached hydrogen (secondary N) is 2. The van der Waals surface area contributed by atoms with Crippen molar-refractivity contribution in [1.82, 2.24) is 9.97 Å². The van der Waals surface area contributed by atoms with Crippen LogP contribution >= 0.6 is 0 Å². The van der Waals surface area contributed by atoms with Gasteiger partial charge < -0.3 is 14.7 Å². The molecule has 0 aliphatic carbocycles. The van der Waals surface area contributed by atoms with E-state index in [-0.39, 0.29) is 0 Å². The molecule has 144 valence electrons. The van der Waals surface area contributed by atoms with Gasteiger partial charge in [-0.3, -0.25) is 0 Å². The molecule has 27 heavy (non-hydrogen) atoms. The fraction of sp³-hybridized carbons (Fsp3) is 0.435. The molecule has 0 saturated heterocycles. The van der Waals surface area contributed by atoms with E-state index in [1.807, 2.05) is 24.4 Å². The number of rotatable bonds is 10. The Hall–Kier alpha value is -2.49. The third-order valence-electron chi connectivity index (χ3n) is 4.94. The van der Waals surface area contributed by atoms with Gasteiger partial charge in [-0.2, -0.15) is 0 Å². The maximum absolute atomic E-state index is 5.57. The Balaban J connectivity index is 1.83. The van der Waals surface area contributed by atoms with Crippen LogP contribution in [0.25, 0.3) is 6.08 Å². The van der Waals surface area contributed by atoms with E-state index < -0.39 is 0 Å². The number of H-pyrrole nitrogens is 2. The predicted molar refractivity (Wildman–Crippen MR) is 113 cm³/mol. The van der Waals surface area contributed by atoms with Gasteiger partial charge in [-0.25, -0.2) is 4.99 Å². The summed E-state index contributed by atoms with van der Waals surface area (Å²) in [6.45, 7) is 4.48. The molecule has 2 aromatic heterocycles. The van der Waals surface area contributed by atoms with Gasteiger partial charge in [0.1, 0.15) is 11.5 Å². The largest absolute Gasteiger partial charge is 0.494 e. The number of aryl methyl sites for hydroxylation is 2. The molecule has 2 aromatic rings. The van der Waals surface area contributed by atoms with Gasteiger partial charge in [0, 0.05) is 23.7 Å². The number of unbranched alkanes of at least 4 members (excludes halogenated alkanes) is 3. The Kier molecular flexibility index (Phi) is 6.74. The lowest BCUT2D eigenvalue weighted by atomic mass is 10.1. The number of allylic oxidation sites excluding steroid dienone is 1. The van der Waals surface area contributed by atoms with Crippen LogP contribution in [0.1, 0.15) is 68.6 Å². The fourth-order valence-electron chi connectivity index (χ4n) is 3.51.